The van der Waals surface area contributed by atoms with E-state index in [0.717, 1.165) is 18.0 Å². The molecule has 0 radical (unpaired) electrons. The van der Waals surface area contributed by atoms with Gasteiger partial charge in [0.05, 0.1) is 12.4 Å². The fraction of sp³-hybridized carbons (Fsp3) is 0.417. The Morgan fingerprint density at radius 3 is 3.17 bits per heavy atom. The molecule has 18 heavy (non-hydrogen) atoms. The molecule has 3 rings (SSSR count). The Bertz CT molecular complexity index is 590. The third kappa shape index (κ3) is 1.86. The second-order valence-electron chi connectivity index (χ2n) is 4.14. The molecule has 0 spiro atoms. The van der Waals surface area contributed by atoms with Crippen molar-refractivity contribution in [3.63, 3.8) is 0 Å². The maximum Gasteiger partial charge on any atom is 0.356 e. The van der Waals surface area contributed by atoms with Crippen LogP contribution in [0.5, 0.6) is 0 Å². The fourth-order valence-corrected chi connectivity index (χ4v) is 3.30. The number of ether oxygens (including phenoxy) is 1. The van der Waals surface area contributed by atoms with Gasteiger partial charge >= 0.3 is 5.97 Å². The zero-order valence-electron chi connectivity index (χ0n) is 10.00. The summed E-state index contributed by atoms with van der Waals surface area (Å²) in [5.74, 6) is 1.58. The number of carbonyl (C=O) groups excluding carboxylic acids is 1. The minimum Gasteiger partial charge on any atom is -0.464 e. The number of methoxy groups -OCH3 is 1. The maximum absolute atomic E-state index is 11.6. The molecule has 3 heterocycles. The van der Waals surface area contributed by atoms with Gasteiger partial charge in [-0.25, -0.2) is 14.3 Å². The van der Waals surface area contributed by atoms with Gasteiger partial charge < -0.3 is 4.74 Å². The third-order valence-electron chi connectivity index (χ3n) is 2.99. The highest BCUT2D eigenvalue weighted by Crippen LogP contribution is 2.38. The van der Waals surface area contributed by atoms with Crippen molar-refractivity contribution in [2.45, 2.75) is 18.1 Å². The number of nitrogens with zero attached hydrogens (tertiary/aromatic N) is 3. The topological polar surface area (TPSA) is 56.5 Å². The number of hydrogen-bond acceptors (Lipinski definition) is 5. The van der Waals surface area contributed by atoms with E-state index in [1.807, 2.05) is 17.8 Å². The van der Waals surface area contributed by atoms with Crippen molar-refractivity contribution in [3.8, 4) is 0 Å². The molecule has 1 aliphatic rings. The van der Waals surface area contributed by atoms with Gasteiger partial charge in [-0.1, -0.05) is 6.07 Å². The van der Waals surface area contributed by atoms with E-state index in [2.05, 4.69) is 10.1 Å². The summed E-state index contributed by atoms with van der Waals surface area (Å²) in [5.41, 5.74) is 1.11. The van der Waals surface area contributed by atoms with E-state index in [9.17, 15) is 4.79 Å². The first kappa shape index (κ1) is 11.5. The van der Waals surface area contributed by atoms with Crippen molar-refractivity contribution in [3.05, 3.63) is 29.7 Å². The van der Waals surface area contributed by atoms with Crippen LogP contribution in [0.3, 0.4) is 0 Å². The minimum atomic E-state index is -0.392. The minimum absolute atomic E-state index is 0.357. The summed E-state index contributed by atoms with van der Waals surface area (Å²) >= 11 is 1.88. The first-order valence-electron chi connectivity index (χ1n) is 5.85. The predicted molar refractivity (Wildman–Crippen MR) is 68.8 cm³/mol. The highest BCUT2D eigenvalue weighted by atomic mass is 32.2. The average molecular weight is 263 g/mol. The number of thioether (sulfide) groups is 1. The van der Waals surface area contributed by atoms with E-state index >= 15 is 0 Å². The Labute approximate surface area is 109 Å². The highest BCUT2D eigenvalue weighted by molar-refractivity contribution is 7.99. The van der Waals surface area contributed by atoms with Crippen LogP contribution in [-0.2, 0) is 4.74 Å². The molecule has 1 aliphatic heterocycles. The molecule has 0 N–H and O–H groups in total. The SMILES string of the molecule is COC(=O)c1cccc2nc(C3CCCS3)nn12. The summed E-state index contributed by atoms with van der Waals surface area (Å²) in [6.07, 6.45) is 2.31. The van der Waals surface area contributed by atoms with Crippen molar-refractivity contribution in [1.29, 1.82) is 0 Å². The van der Waals surface area contributed by atoms with Gasteiger partial charge in [0.2, 0.25) is 0 Å². The van der Waals surface area contributed by atoms with E-state index < -0.39 is 5.97 Å². The van der Waals surface area contributed by atoms with Crippen LogP contribution in [-0.4, -0.2) is 33.4 Å². The van der Waals surface area contributed by atoms with E-state index in [1.54, 1.807) is 16.6 Å². The molecule has 0 aliphatic carbocycles. The lowest BCUT2D eigenvalue weighted by molar-refractivity contribution is 0.0591. The predicted octanol–water partition coefficient (Wildman–Crippen LogP) is 2.08. The van der Waals surface area contributed by atoms with Gasteiger partial charge in [-0.3, -0.25) is 0 Å². The second kappa shape index (κ2) is 4.61. The van der Waals surface area contributed by atoms with Crippen molar-refractivity contribution < 1.29 is 9.53 Å². The summed E-state index contributed by atoms with van der Waals surface area (Å²) in [7, 11) is 1.37. The Hall–Kier alpha value is -1.56. The molecule has 2 aromatic heterocycles. The monoisotopic (exact) mass is 263 g/mol. The second-order valence-corrected chi connectivity index (χ2v) is 5.45. The van der Waals surface area contributed by atoms with Crippen LogP contribution in [0, 0.1) is 0 Å². The summed E-state index contributed by atoms with van der Waals surface area (Å²) in [5, 5.41) is 4.80. The van der Waals surface area contributed by atoms with Crippen LogP contribution >= 0.6 is 11.8 Å². The number of carbonyl (C=O) groups is 1. The molecule has 0 aromatic carbocycles. The fourth-order valence-electron chi connectivity index (χ4n) is 2.10. The van der Waals surface area contributed by atoms with Gasteiger partial charge in [-0.05, 0) is 30.7 Å². The molecule has 94 valence electrons. The highest BCUT2D eigenvalue weighted by Gasteiger charge is 2.23. The number of aromatic nitrogens is 3. The molecule has 1 fully saturated rings. The van der Waals surface area contributed by atoms with Crippen LogP contribution in [0.1, 0.15) is 34.4 Å². The lowest BCUT2D eigenvalue weighted by Gasteiger charge is -2.01. The maximum atomic E-state index is 11.6. The van der Waals surface area contributed by atoms with E-state index in [0.29, 0.717) is 16.6 Å². The van der Waals surface area contributed by atoms with E-state index in [1.165, 1.54) is 13.5 Å². The number of pyridine rings is 1. The number of hydrogen-bond donors (Lipinski definition) is 0. The number of fused-ring (bicyclic) bond motifs is 1. The summed E-state index contributed by atoms with van der Waals surface area (Å²) < 4.78 is 6.32. The lowest BCUT2D eigenvalue weighted by Crippen LogP contribution is -2.08. The smallest absolute Gasteiger partial charge is 0.356 e. The van der Waals surface area contributed by atoms with Gasteiger partial charge in [0.25, 0.3) is 0 Å². The van der Waals surface area contributed by atoms with Crippen LogP contribution in [0.2, 0.25) is 0 Å². The Balaban J connectivity index is 2.08. The quantitative estimate of drug-likeness (QED) is 0.776. The van der Waals surface area contributed by atoms with Crippen molar-refractivity contribution in [2.75, 3.05) is 12.9 Å². The Morgan fingerprint density at radius 2 is 2.44 bits per heavy atom. The van der Waals surface area contributed by atoms with E-state index in [-0.39, 0.29) is 0 Å². The largest absolute Gasteiger partial charge is 0.464 e. The molecule has 2 aromatic rings. The van der Waals surface area contributed by atoms with Gasteiger partial charge in [-0.2, -0.15) is 11.8 Å². The van der Waals surface area contributed by atoms with Gasteiger partial charge in [-0.15, -0.1) is 5.10 Å². The Morgan fingerprint density at radius 1 is 1.56 bits per heavy atom. The van der Waals surface area contributed by atoms with Crippen molar-refractivity contribution in [2.24, 2.45) is 0 Å². The molecule has 1 atom stereocenters. The molecule has 0 bridgehead atoms. The third-order valence-corrected chi connectivity index (χ3v) is 4.36. The average Bonchev–Trinajstić information content (AvgIpc) is 3.04. The number of rotatable bonds is 2. The number of esters is 1. The molecule has 1 unspecified atom stereocenters. The first-order valence-corrected chi connectivity index (χ1v) is 6.90. The van der Waals surface area contributed by atoms with Crippen LogP contribution in [0.15, 0.2) is 18.2 Å². The summed E-state index contributed by atoms with van der Waals surface area (Å²) in [4.78, 5) is 16.1. The van der Waals surface area contributed by atoms with Crippen LogP contribution in [0.25, 0.3) is 5.65 Å². The molecular weight excluding hydrogens is 250 g/mol. The zero-order chi connectivity index (χ0) is 12.5. The Kier molecular flexibility index (Phi) is 2.95. The van der Waals surface area contributed by atoms with Crippen molar-refractivity contribution in [1.82, 2.24) is 14.6 Å². The summed E-state index contributed by atoms with van der Waals surface area (Å²) in [6, 6.07) is 5.34. The molecule has 0 amide bonds. The molecule has 1 saturated heterocycles. The van der Waals surface area contributed by atoms with Crippen molar-refractivity contribution >= 4 is 23.4 Å². The molecule has 5 nitrogen and oxygen atoms in total. The van der Waals surface area contributed by atoms with Gasteiger partial charge in [0.1, 0.15) is 0 Å². The molecule has 6 heteroatoms. The van der Waals surface area contributed by atoms with Gasteiger partial charge in [0, 0.05) is 0 Å². The summed E-state index contributed by atoms with van der Waals surface area (Å²) in [6.45, 7) is 0. The molecular formula is C12H13N3O2S. The molecule has 0 saturated carbocycles. The standard InChI is InChI=1S/C12H13N3O2S/c1-17-12(16)8-4-2-6-10-13-11(14-15(8)10)9-5-3-7-18-9/h2,4,6,9H,3,5,7H2,1H3. The van der Waals surface area contributed by atoms with Gasteiger partial charge in [0.15, 0.2) is 17.2 Å². The van der Waals surface area contributed by atoms with Crippen LogP contribution in [0.4, 0.5) is 0 Å². The lowest BCUT2D eigenvalue weighted by atomic mass is 10.2. The zero-order valence-corrected chi connectivity index (χ0v) is 10.8. The van der Waals surface area contributed by atoms with E-state index in [4.69, 9.17) is 4.74 Å². The first-order chi connectivity index (χ1) is 8.79. The van der Waals surface area contributed by atoms with Crippen LogP contribution < -0.4 is 0 Å². The normalized spacial score (nSPS) is 19.3.